The third-order valence-electron chi connectivity index (χ3n) is 3.47. The normalized spacial score (nSPS) is 14.6. The summed E-state index contributed by atoms with van der Waals surface area (Å²) in [5.74, 6) is -0.608. The second-order valence-corrected chi connectivity index (χ2v) is 5.91. The maximum atomic E-state index is 14.2. The molecule has 1 fully saturated rings. The summed E-state index contributed by atoms with van der Waals surface area (Å²) in [4.78, 5) is 0. The number of hydrogen-bond acceptors (Lipinski definition) is 1. The van der Waals surface area contributed by atoms with Gasteiger partial charge in [-0.15, -0.1) is 0 Å². The summed E-state index contributed by atoms with van der Waals surface area (Å²) in [6, 6.07) is 10.2. The second-order valence-electron chi connectivity index (χ2n) is 5.06. The zero-order valence-corrected chi connectivity index (χ0v) is 12.4. The van der Waals surface area contributed by atoms with Crippen LogP contribution in [0, 0.1) is 11.6 Å². The summed E-state index contributed by atoms with van der Waals surface area (Å²) in [5, 5.41) is 3.34. The lowest BCUT2D eigenvalue weighted by Gasteiger charge is -2.12. The van der Waals surface area contributed by atoms with E-state index in [0.717, 1.165) is 24.0 Å². The highest BCUT2D eigenvalue weighted by Crippen LogP contribution is 2.31. The Bertz CT molecular complexity index is 638. The van der Waals surface area contributed by atoms with Gasteiger partial charge in [0.25, 0.3) is 0 Å². The minimum absolute atomic E-state index is 0.295. The molecule has 20 heavy (non-hydrogen) atoms. The van der Waals surface area contributed by atoms with Gasteiger partial charge < -0.3 is 5.32 Å². The highest BCUT2D eigenvalue weighted by Gasteiger charge is 2.21. The van der Waals surface area contributed by atoms with Crippen LogP contribution in [0.3, 0.4) is 0 Å². The molecule has 4 heteroatoms. The van der Waals surface area contributed by atoms with Crippen LogP contribution in [0.25, 0.3) is 11.1 Å². The standard InChI is InChI=1S/C16H14BrF2N/c17-15-3-1-2-14(16(15)19)13-7-4-11(18)8-10(13)9-20-12-5-6-12/h1-4,7-8,12,20H,5-6,9H2. The molecule has 1 aliphatic carbocycles. The Balaban J connectivity index is 2.00. The smallest absolute Gasteiger partial charge is 0.145 e. The van der Waals surface area contributed by atoms with E-state index in [1.165, 1.54) is 12.1 Å². The van der Waals surface area contributed by atoms with Crippen LogP contribution in [-0.4, -0.2) is 6.04 Å². The first-order chi connectivity index (χ1) is 9.65. The third-order valence-corrected chi connectivity index (χ3v) is 4.08. The molecule has 1 saturated carbocycles. The number of rotatable bonds is 4. The van der Waals surface area contributed by atoms with Crippen molar-refractivity contribution in [1.82, 2.24) is 5.32 Å². The minimum Gasteiger partial charge on any atom is -0.310 e. The predicted molar refractivity (Wildman–Crippen MR) is 79.4 cm³/mol. The van der Waals surface area contributed by atoms with E-state index in [9.17, 15) is 8.78 Å². The molecule has 0 aromatic heterocycles. The zero-order chi connectivity index (χ0) is 14.1. The van der Waals surface area contributed by atoms with Crippen molar-refractivity contribution < 1.29 is 8.78 Å². The molecule has 0 amide bonds. The third kappa shape index (κ3) is 2.91. The number of benzene rings is 2. The van der Waals surface area contributed by atoms with Gasteiger partial charge in [-0.25, -0.2) is 8.78 Å². The van der Waals surface area contributed by atoms with E-state index in [1.54, 1.807) is 24.3 Å². The van der Waals surface area contributed by atoms with Gasteiger partial charge in [0.1, 0.15) is 11.6 Å². The number of halogens is 3. The molecule has 3 rings (SSSR count). The lowest BCUT2D eigenvalue weighted by molar-refractivity contribution is 0.616. The summed E-state index contributed by atoms with van der Waals surface area (Å²) in [6.45, 7) is 0.559. The Kier molecular flexibility index (Phi) is 3.85. The molecule has 0 saturated heterocycles. The van der Waals surface area contributed by atoms with Crippen molar-refractivity contribution in [1.29, 1.82) is 0 Å². The van der Waals surface area contributed by atoms with E-state index >= 15 is 0 Å². The van der Waals surface area contributed by atoms with Gasteiger partial charge in [-0.1, -0.05) is 18.2 Å². The van der Waals surface area contributed by atoms with Crippen molar-refractivity contribution >= 4 is 15.9 Å². The molecule has 0 radical (unpaired) electrons. The van der Waals surface area contributed by atoms with Crippen molar-refractivity contribution in [3.05, 3.63) is 58.1 Å². The van der Waals surface area contributed by atoms with E-state index in [4.69, 9.17) is 0 Å². The Morgan fingerprint density at radius 1 is 1.10 bits per heavy atom. The fourth-order valence-corrected chi connectivity index (χ4v) is 2.59. The first-order valence-corrected chi connectivity index (χ1v) is 7.40. The average Bonchev–Trinajstić information content (AvgIpc) is 3.24. The van der Waals surface area contributed by atoms with Crippen LogP contribution in [-0.2, 0) is 6.54 Å². The lowest BCUT2D eigenvalue weighted by atomic mass is 9.99. The van der Waals surface area contributed by atoms with Gasteiger partial charge >= 0.3 is 0 Å². The number of nitrogens with one attached hydrogen (secondary N) is 1. The van der Waals surface area contributed by atoms with Crippen molar-refractivity contribution in [3.63, 3.8) is 0 Å². The SMILES string of the molecule is Fc1ccc(-c2cccc(Br)c2F)c(CNC2CC2)c1. The first-order valence-electron chi connectivity index (χ1n) is 6.61. The highest BCUT2D eigenvalue weighted by atomic mass is 79.9. The van der Waals surface area contributed by atoms with Crippen LogP contribution in [0.2, 0.25) is 0 Å². The molecule has 0 bridgehead atoms. The van der Waals surface area contributed by atoms with E-state index in [1.807, 2.05) is 0 Å². The summed E-state index contributed by atoms with van der Waals surface area (Å²) in [7, 11) is 0. The van der Waals surface area contributed by atoms with Gasteiger partial charge in [0.05, 0.1) is 4.47 Å². The van der Waals surface area contributed by atoms with Gasteiger partial charge in [0, 0.05) is 18.2 Å². The molecular formula is C16H14BrF2N. The van der Waals surface area contributed by atoms with Gasteiger partial charge in [-0.05, 0) is 58.1 Å². The molecule has 0 aliphatic heterocycles. The van der Waals surface area contributed by atoms with E-state index in [0.29, 0.717) is 22.6 Å². The van der Waals surface area contributed by atoms with E-state index in [-0.39, 0.29) is 11.6 Å². The molecule has 1 N–H and O–H groups in total. The van der Waals surface area contributed by atoms with Gasteiger partial charge in [0.2, 0.25) is 0 Å². The van der Waals surface area contributed by atoms with Crippen LogP contribution in [0.5, 0.6) is 0 Å². The molecule has 1 nitrogen and oxygen atoms in total. The van der Waals surface area contributed by atoms with Crippen LogP contribution >= 0.6 is 15.9 Å². The Hall–Kier alpha value is -1.26. The topological polar surface area (TPSA) is 12.0 Å². The Morgan fingerprint density at radius 2 is 1.90 bits per heavy atom. The van der Waals surface area contributed by atoms with Crippen LogP contribution in [0.15, 0.2) is 40.9 Å². The molecule has 0 unspecified atom stereocenters. The molecule has 2 aromatic rings. The first kappa shape index (κ1) is 13.7. The maximum absolute atomic E-state index is 14.2. The van der Waals surface area contributed by atoms with E-state index < -0.39 is 0 Å². The van der Waals surface area contributed by atoms with Crippen molar-refractivity contribution in [2.75, 3.05) is 0 Å². The summed E-state index contributed by atoms with van der Waals surface area (Å²) >= 11 is 3.19. The highest BCUT2D eigenvalue weighted by molar-refractivity contribution is 9.10. The fraction of sp³-hybridized carbons (Fsp3) is 0.250. The molecule has 104 valence electrons. The fourth-order valence-electron chi connectivity index (χ4n) is 2.22. The van der Waals surface area contributed by atoms with E-state index in [2.05, 4.69) is 21.2 Å². The second kappa shape index (κ2) is 5.62. The maximum Gasteiger partial charge on any atom is 0.145 e. The molecule has 0 spiro atoms. The van der Waals surface area contributed by atoms with Crippen LogP contribution in [0.1, 0.15) is 18.4 Å². The Labute approximate surface area is 125 Å². The van der Waals surface area contributed by atoms with Crippen LogP contribution < -0.4 is 5.32 Å². The Morgan fingerprint density at radius 3 is 2.65 bits per heavy atom. The molecule has 2 aromatic carbocycles. The van der Waals surface area contributed by atoms with Crippen molar-refractivity contribution in [2.45, 2.75) is 25.4 Å². The largest absolute Gasteiger partial charge is 0.310 e. The van der Waals surface area contributed by atoms with Gasteiger partial charge in [0.15, 0.2) is 0 Å². The zero-order valence-electron chi connectivity index (χ0n) is 10.8. The summed E-state index contributed by atoms with van der Waals surface area (Å²) in [6.07, 6.45) is 2.33. The molecular weight excluding hydrogens is 324 g/mol. The number of hydrogen-bond donors (Lipinski definition) is 1. The average molecular weight is 338 g/mol. The molecule has 0 atom stereocenters. The molecule has 1 aliphatic rings. The van der Waals surface area contributed by atoms with Gasteiger partial charge in [-0.3, -0.25) is 0 Å². The van der Waals surface area contributed by atoms with Gasteiger partial charge in [-0.2, -0.15) is 0 Å². The van der Waals surface area contributed by atoms with Crippen molar-refractivity contribution in [3.8, 4) is 11.1 Å². The summed E-state index contributed by atoms with van der Waals surface area (Å²) < 4.78 is 28.1. The van der Waals surface area contributed by atoms with Crippen LogP contribution in [0.4, 0.5) is 8.78 Å². The lowest BCUT2D eigenvalue weighted by Crippen LogP contribution is -2.16. The quantitative estimate of drug-likeness (QED) is 0.856. The monoisotopic (exact) mass is 337 g/mol. The summed E-state index contributed by atoms with van der Waals surface area (Å²) in [5.41, 5.74) is 2.01. The minimum atomic E-state index is -0.313. The van der Waals surface area contributed by atoms with Crippen molar-refractivity contribution in [2.24, 2.45) is 0 Å². The molecule has 0 heterocycles. The predicted octanol–water partition coefficient (Wildman–Crippen LogP) is 4.65.